The number of amides is 1. The van der Waals surface area contributed by atoms with Crippen molar-refractivity contribution < 1.29 is 9.18 Å². The van der Waals surface area contributed by atoms with Crippen LogP contribution in [0, 0.1) is 17.1 Å². The van der Waals surface area contributed by atoms with Gasteiger partial charge in [0, 0.05) is 36.1 Å². The van der Waals surface area contributed by atoms with Crippen molar-refractivity contribution in [1.29, 1.82) is 5.26 Å². The van der Waals surface area contributed by atoms with Crippen molar-refractivity contribution in [3.05, 3.63) is 71.2 Å². The molecule has 2 atom stereocenters. The maximum atomic E-state index is 13.3. The number of carbonyl (C=O) groups is 1. The van der Waals surface area contributed by atoms with E-state index in [0.29, 0.717) is 30.4 Å². The predicted octanol–water partition coefficient (Wildman–Crippen LogP) is 4.74. The van der Waals surface area contributed by atoms with Crippen molar-refractivity contribution in [3.63, 3.8) is 0 Å². The van der Waals surface area contributed by atoms with Gasteiger partial charge in [0.25, 0.3) is 5.91 Å². The third kappa shape index (κ3) is 4.78. The lowest BCUT2D eigenvalue weighted by molar-refractivity contribution is 0.0623. The van der Waals surface area contributed by atoms with Gasteiger partial charge in [0.15, 0.2) is 0 Å². The normalized spacial score (nSPS) is 18.6. The standard InChI is InChI=1S/C25H27FN4O/c1-2-30(25(31)24-13-19-12-18(15-27)8-11-23(19)29-24)22-5-3-4-21(14-22)28-16-17-6-9-20(26)10-7-17/h6-13,21-22,28-29H,2-5,14,16H2,1H3/t21-,22+/m1/s1. The summed E-state index contributed by atoms with van der Waals surface area (Å²) in [6, 6.07) is 16.5. The molecule has 0 saturated heterocycles. The van der Waals surface area contributed by atoms with Gasteiger partial charge in [-0.25, -0.2) is 4.39 Å². The van der Waals surface area contributed by atoms with Gasteiger partial charge in [0.2, 0.25) is 0 Å². The van der Waals surface area contributed by atoms with E-state index in [-0.39, 0.29) is 17.8 Å². The van der Waals surface area contributed by atoms with Crippen LogP contribution in [0.25, 0.3) is 10.9 Å². The summed E-state index contributed by atoms with van der Waals surface area (Å²) in [5.74, 6) is -0.221. The largest absolute Gasteiger partial charge is 0.351 e. The second kappa shape index (κ2) is 9.32. The molecule has 0 aliphatic heterocycles. The summed E-state index contributed by atoms with van der Waals surface area (Å²) in [7, 11) is 0. The average Bonchev–Trinajstić information content (AvgIpc) is 3.23. The van der Waals surface area contributed by atoms with Crippen LogP contribution in [0.15, 0.2) is 48.5 Å². The molecule has 160 valence electrons. The minimum atomic E-state index is -0.223. The second-order valence-corrected chi connectivity index (χ2v) is 8.21. The van der Waals surface area contributed by atoms with Gasteiger partial charge < -0.3 is 15.2 Å². The molecule has 1 fully saturated rings. The number of aromatic nitrogens is 1. The zero-order valence-electron chi connectivity index (χ0n) is 17.7. The van der Waals surface area contributed by atoms with Crippen LogP contribution in [0.2, 0.25) is 0 Å². The zero-order chi connectivity index (χ0) is 21.8. The van der Waals surface area contributed by atoms with E-state index < -0.39 is 0 Å². The molecule has 1 aliphatic rings. The molecule has 1 saturated carbocycles. The summed E-state index contributed by atoms with van der Waals surface area (Å²) >= 11 is 0. The van der Waals surface area contributed by atoms with Gasteiger partial charge >= 0.3 is 0 Å². The van der Waals surface area contributed by atoms with Crippen molar-refractivity contribution in [2.24, 2.45) is 0 Å². The Kier molecular flexibility index (Phi) is 6.34. The quantitative estimate of drug-likeness (QED) is 0.607. The van der Waals surface area contributed by atoms with E-state index in [1.54, 1.807) is 24.3 Å². The second-order valence-electron chi connectivity index (χ2n) is 8.21. The first-order valence-electron chi connectivity index (χ1n) is 10.9. The van der Waals surface area contributed by atoms with E-state index >= 15 is 0 Å². The number of nitrogens with one attached hydrogen (secondary N) is 2. The van der Waals surface area contributed by atoms with Crippen LogP contribution >= 0.6 is 0 Å². The number of rotatable bonds is 6. The highest BCUT2D eigenvalue weighted by atomic mass is 19.1. The average molecular weight is 419 g/mol. The lowest BCUT2D eigenvalue weighted by Crippen LogP contribution is -2.46. The Morgan fingerprint density at radius 1 is 1.23 bits per heavy atom. The van der Waals surface area contributed by atoms with Gasteiger partial charge in [-0.2, -0.15) is 5.26 Å². The highest BCUT2D eigenvalue weighted by molar-refractivity contribution is 5.98. The maximum Gasteiger partial charge on any atom is 0.270 e. The van der Waals surface area contributed by atoms with Gasteiger partial charge in [0.1, 0.15) is 11.5 Å². The fourth-order valence-corrected chi connectivity index (χ4v) is 4.54. The number of aromatic amines is 1. The van der Waals surface area contributed by atoms with Gasteiger partial charge in [-0.15, -0.1) is 0 Å². The number of benzene rings is 2. The van der Waals surface area contributed by atoms with E-state index in [1.807, 2.05) is 24.0 Å². The van der Waals surface area contributed by atoms with E-state index in [4.69, 9.17) is 5.26 Å². The first-order chi connectivity index (χ1) is 15.1. The van der Waals surface area contributed by atoms with Crippen LogP contribution in [0.3, 0.4) is 0 Å². The highest BCUT2D eigenvalue weighted by Gasteiger charge is 2.29. The van der Waals surface area contributed by atoms with Crippen molar-refractivity contribution in [2.45, 2.75) is 51.2 Å². The lowest BCUT2D eigenvalue weighted by Gasteiger charge is -2.37. The van der Waals surface area contributed by atoms with E-state index in [2.05, 4.69) is 16.4 Å². The Morgan fingerprint density at radius 2 is 2.03 bits per heavy atom. The van der Waals surface area contributed by atoms with E-state index in [9.17, 15) is 9.18 Å². The molecular weight excluding hydrogens is 391 g/mol. The first-order valence-corrected chi connectivity index (χ1v) is 10.9. The number of halogens is 1. The fourth-order valence-electron chi connectivity index (χ4n) is 4.54. The van der Waals surface area contributed by atoms with Crippen molar-refractivity contribution >= 4 is 16.8 Å². The van der Waals surface area contributed by atoms with Gasteiger partial charge in [-0.05, 0) is 74.6 Å². The summed E-state index contributed by atoms with van der Waals surface area (Å²) in [6.45, 7) is 3.36. The Bertz CT molecular complexity index is 1100. The van der Waals surface area contributed by atoms with Crippen molar-refractivity contribution in [1.82, 2.24) is 15.2 Å². The first kappa shape index (κ1) is 21.1. The topological polar surface area (TPSA) is 71.9 Å². The summed E-state index contributed by atoms with van der Waals surface area (Å²) in [6.07, 6.45) is 4.03. The Labute approximate surface area is 181 Å². The Morgan fingerprint density at radius 3 is 2.77 bits per heavy atom. The monoisotopic (exact) mass is 418 g/mol. The van der Waals surface area contributed by atoms with Crippen molar-refractivity contribution in [3.8, 4) is 6.07 Å². The van der Waals surface area contributed by atoms with Crippen LogP contribution < -0.4 is 5.32 Å². The molecule has 1 heterocycles. The van der Waals surface area contributed by atoms with Crippen LogP contribution in [0.1, 0.15) is 54.2 Å². The summed E-state index contributed by atoms with van der Waals surface area (Å²) in [5, 5.41) is 13.6. The molecule has 5 nitrogen and oxygen atoms in total. The SMILES string of the molecule is CCN(C(=O)c1cc2cc(C#N)ccc2[nH]1)[C@H]1CCC[C@@H](NCc2ccc(F)cc2)C1. The Hall–Kier alpha value is -3.17. The molecule has 2 N–H and O–H groups in total. The highest BCUT2D eigenvalue weighted by Crippen LogP contribution is 2.26. The predicted molar refractivity (Wildman–Crippen MR) is 119 cm³/mol. The molecule has 0 bridgehead atoms. The molecule has 0 spiro atoms. The van der Waals surface area contributed by atoms with E-state index in [1.165, 1.54) is 12.1 Å². The fraction of sp³-hybridized carbons (Fsp3) is 0.360. The minimum absolute atomic E-state index is 0.00129. The molecule has 6 heteroatoms. The number of H-pyrrole nitrogens is 1. The van der Waals surface area contributed by atoms with Crippen LogP contribution in [-0.4, -0.2) is 34.4 Å². The summed E-state index contributed by atoms with van der Waals surface area (Å²) in [5.41, 5.74) is 3.07. The third-order valence-electron chi connectivity index (χ3n) is 6.18. The molecule has 0 unspecified atom stereocenters. The number of hydrogen-bond acceptors (Lipinski definition) is 3. The summed E-state index contributed by atoms with van der Waals surface area (Å²) in [4.78, 5) is 18.5. The minimum Gasteiger partial charge on any atom is -0.351 e. The molecule has 1 aromatic heterocycles. The molecule has 4 rings (SSSR count). The number of fused-ring (bicyclic) bond motifs is 1. The molecule has 3 aromatic rings. The van der Waals surface area contributed by atoms with E-state index in [0.717, 1.165) is 42.1 Å². The maximum absolute atomic E-state index is 13.3. The molecule has 31 heavy (non-hydrogen) atoms. The molecule has 1 aliphatic carbocycles. The number of nitrogens with zero attached hydrogens (tertiary/aromatic N) is 2. The van der Waals surface area contributed by atoms with Crippen LogP contribution in [-0.2, 0) is 6.54 Å². The molecule has 0 radical (unpaired) electrons. The van der Waals surface area contributed by atoms with Crippen molar-refractivity contribution in [2.75, 3.05) is 6.54 Å². The summed E-state index contributed by atoms with van der Waals surface area (Å²) < 4.78 is 13.1. The molecule has 2 aromatic carbocycles. The lowest BCUT2D eigenvalue weighted by atomic mass is 9.89. The Balaban J connectivity index is 1.43. The number of carbonyl (C=O) groups excluding carboxylic acids is 1. The van der Waals surface area contributed by atoms with Gasteiger partial charge in [-0.3, -0.25) is 4.79 Å². The van der Waals surface area contributed by atoms with Crippen LogP contribution in [0.5, 0.6) is 0 Å². The van der Waals surface area contributed by atoms with Gasteiger partial charge in [0.05, 0.1) is 11.6 Å². The van der Waals surface area contributed by atoms with Gasteiger partial charge in [-0.1, -0.05) is 12.1 Å². The zero-order valence-corrected chi connectivity index (χ0v) is 17.7. The molecular formula is C25H27FN4O. The number of nitriles is 1. The molecule has 1 amide bonds. The third-order valence-corrected chi connectivity index (χ3v) is 6.18. The van der Waals surface area contributed by atoms with Crippen LogP contribution in [0.4, 0.5) is 4.39 Å². The number of hydrogen-bond donors (Lipinski definition) is 2. The smallest absolute Gasteiger partial charge is 0.270 e.